The highest BCUT2D eigenvalue weighted by atomic mass is 35.5. The SMILES string of the molecule is CC(C)c1ccc(C2CC23C(=O)Nc2cc(Cl)c(-c4ccc(-c5ncccc5O)cc4)cc23)cc1C(=O)O. The van der Waals surface area contributed by atoms with E-state index in [0.29, 0.717) is 22.8 Å². The molecule has 2 unspecified atom stereocenters. The first-order valence-electron chi connectivity index (χ1n) is 12.5. The predicted molar refractivity (Wildman–Crippen MR) is 147 cm³/mol. The number of aromatic nitrogens is 1. The number of hydrogen-bond donors (Lipinski definition) is 3. The van der Waals surface area contributed by atoms with Crippen LogP contribution in [0.3, 0.4) is 0 Å². The zero-order valence-electron chi connectivity index (χ0n) is 20.8. The Morgan fingerprint density at radius 1 is 1.08 bits per heavy atom. The molecular formula is C31H25ClN2O4. The Hall–Kier alpha value is -4.16. The number of carbonyl (C=O) groups is 2. The van der Waals surface area contributed by atoms with E-state index >= 15 is 0 Å². The van der Waals surface area contributed by atoms with Gasteiger partial charge >= 0.3 is 5.97 Å². The molecule has 1 aliphatic heterocycles. The Bertz CT molecular complexity index is 1630. The minimum atomic E-state index is -0.960. The van der Waals surface area contributed by atoms with Gasteiger partial charge in [0.15, 0.2) is 0 Å². The fourth-order valence-electron chi connectivity index (χ4n) is 5.74. The van der Waals surface area contributed by atoms with Crippen molar-refractivity contribution in [3.63, 3.8) is 0 Å². The molecule has 3 aromatic carbocycles. The zero-order chi connectivity index (χ0) is 26.8. The van der Waals surface area contributed by atoms with Gasteiger partial charge in [0, 0.05) is 28.9 Å². The van der Waals surface area contributed by atoms with Gasteiger partial charge in [0.1, 0.15) is 11.4 Å². The average molecular weight is 525 g/mol. The Balaban J connectivity index is 1.38. The normalized spacial score (nSPS) is 19.5. The molecule has 3 N–H and O–H groups in total. The Morgan fingerprint density at radius 2 is 1.82 bits per heavy atom. The highest BCUT2D eigenvalue weighted by Crippen LogP contribution is 2.65. The topological polar surface area (TPSA) is 99.5 Å². The first kappa shape index (κ1) is 24.2. The number of rotatable bonds is 5. The summed E-state index contributed by atoms with van der Waals surface area (Å²) in [5, 5.41) is 23.5. The van der Waals surface area contributed by atoms with Gasteiger partial charge in [-0.1, -0.05) is 61.8 Å². The van der Waals surface area contributed by atoms with E-state index in [4.69, 9.17) is 11.6 Å². The number of aromatic carboxylic acids is 1. The van der Waals surface area contributed by atoms with Crippen LogP contribution in [0.15, 0.2) is 72.9 Å². The maximum atomic E-state index is 13.3. The molecule has 4 aromatic rings. The van der Waals surface area contributed by atoms with E-state index in [1.165, 1.54) is 0 Å². The first-order valence-corrected chi connectivity index (χ1v) is 12.9. The Labute approximate surface area is 224 Å². The van der Waals surface area contributed by atoms with E-state index in [-0.39, 0.29) is 29.1 Å². The maximum Gasteiger partial charge on any atom is 0.335 e. The largest absolute Gasteiger partial charge is 0.506 e. The molecule has 0 bridgehead atoms. The summed E-state index contributed by atoms with van der Waals surface area (Å²) in [5.41, 5.74) is 5.69. The van der Waals surface area contributed by atoms with Gasteiger partial charge in [-0.05, 0) is 64.9 Å². The summed E-state index contributed by atoms with van der Waals surface area (Å²) in [6.07, 6.45) is 2.23. The number of carbonyl (C=O) groups excluding carboxylic acids is 1. The minimum Gasteiger partial charge on any atom is -0.506 e. The van der Waals surface area contributed by atoms with Crippen molar-refractivity contribution in [3.05, 3.63) is 100 Å². The third-order valence-electron chi connectivity index (χ3n) is 7.79. The summed E-state index contributed by atoms with van der Waals surface area (Å²) in [6, 6.07) is 20.2. The molecule has 6 rings (SSSR count). The molecule has 2 atom stereocenters. The number of hydrogen-bond acceptors (Lipinski definition) is 4. The third-order valence-corrected chi connectivity index (χ3v) is 8.10. The van der Waals surface area contributed by atoms with Crippen LogP contribution >= 0.6 is 11.6 Å². The fourth-order valence-corrected chi connectivity index (χ4v) is 6.02. The predicted octanol–water partition coefficient (Wildman–Crippen LogP) is 6.97. The minimum absolute atomic E-state index is 0.0801. The molecule has 7 heteroatoms. The van der Waals surface area contributed by atoms with Crippen molar-refractivity contribution in [1.29, 1.82) is 0 Å². The lowest BCUT2D eigenvalue weighted by Gasteiger charge is -2.15. The van der Waals surface area contributed by atoms with Crippen LogP contribution in [-0.2, 0) is 10.2 Å². The van der Waals surface area contributed by atoms with Crippen LogP contribution in [0.4, 0.5) is 5.69 Å². The van der Waals surface area contributed by atoms with Gasteiger partial charge in [0.05, 0.1) is 16.0 Å². The number of nitrogens with zero attached hydrogens (tertiary/aromatic N) is 1. The number of anilines is 1. The van der Waals surface area contributed by atoms with Crippen molar-refractivity contribution in [2.24, 2.45) is 0 Å². The first-order chi connectivity index (χ1) is 18.2. The number of amides is 1. The van der Waals surface area contributed by atoms with E-state index in [1.807, 2.05) is 56.3 Å². The number of fused-ring (bicyclic) bond motifs is 2. The van der Waals surface area contributed by atoms with E-state index in [2.05, 4.69) is 10.3 Å². The van der Waals surface area contributed by atoms with E-state index in [0.717, 1.165) is 33.4 Å². The van der Waals surface area contributed by atoms with Gasteiger partial charge in [-0.15, -0.1) is 0 Å². The molecule has 1 spiro atoms. The van der Waals surface area contributed by atoms with Crippen molar-refractivity contribution >= 4 is 29.2 Å². The maximum absolute atomic E-state index is 13.3. The van der Waals surface area contributed by atoms with Crippen LogP contribution in [0.1, 0.15) is 59.2 Å². The van der Waals surface area contributed by atoms with Gasteiger partial charge < -0.3 is 15.5 Å². The van der Waals surface area contributed by atoms with Gasteiger partial charge in [0.2, 0.25) is 5.91 Å². The molecule has 2 aliphatic rings. The van der Waals surface area contributed by atoms with Crippen LogP contribution < -0.4 is 5.32 Å². The summed E-state index contributed by atoms with van der Waals surface area (Å²) in [7, 11) is 0. The molecule has 2 heterocycles. The van der Waals surface area contributed by atoms with Crippen molar-refractivity contribution in [2.75, 3.05) is 5.32 Å². The Kier molecular flexibility index (Phi) is 5.54. The van der Waals surface area contributed by atoms with Gasteiger partial charge in [-0.3, -0.25) is 9.78 Å². The molecule has 0 saturated heterocycles. The lowest BCUT2D eigenvalue weighted by molar-refractivity contribution is -0.118. The van der Waals surface area contributed by atoms with Crippen molar-refractivity contribution < 1.29 is 19.8 Å². The second kappa shape index (κ2) is 8.71. The smallest absolute Gasteiger partial charge is 0.335 e. The summed E-state index contributed by atoms with van der Waals surface area (Å²) in [6.45, 7) is 3.94. The molecule has 0 radical (unpaired) electrons. The number of aromatic hydroxyl groups is 1. The van der Waals surface area contributed by atoms with E-state index in [1.54, 1.807) is 30.5 Å². The molecule has 1 aliphatic carbocycles. The summed E-state index contributed by atoms with van der Waals surface area (Å²) in [5.74, 6) is -0.979. The van der Waals surface area contributed by atoms with E-state index in [9.17, 15) is 19.8 Å². The average Bonchev–Trinajstić information content (AvgIpc) is 3.59. The van der Waals surface area contributed by atoms with Gasteiger partial charge in [-0.25, -0.2) is 4.79 Å². The number of pyridine rings is 1. The molecule has 1 saturated carbocycles. The van der Waals surface area contributed by atoms with Crippen molar-refractivity contribution in [1.82, 2.24) is 4.98 Å². The number of carboxylic acids is 1. The van der Waals surface area contributed by atoms with Crippen LogP contribution in [0, 0.1) is 0 Å². The lowest BCUT2D eigenvalue weighted by Crippen LogP contribution is -2.21. The Morgan fingerprint density at radius 3 is 2.50 bits per heavy atom. The standard InChI is InChI=1S/C31H25ClN2O4/c1-16(2)20-10-9-19(12-22(20)29(36)37)24-15-31(24)23-13-21(25(32)14-26(23)34-30(31)38)17-5-7-18(8-6-17)28-27(35)4-3-11-33-28/h3-14,16,24,35H,15H2,1-2H3,(H,34,38)(H,36,37). The molecule has 38 heavy (non-hydrogen) atoms. The summed E-state index contributed by atoms with van der Waals surface area (Å²) >= 11 is 6.67. The highest BCUT2D eigenvalue weighted by Gasteiger charge is 2.65. The monoisotopic (exact) mass is 524 g/mol. The number of halogens is 1. The van der Waals surface area contributed by atoms with Crippen molar-refractivity contribution in [2.45, 2.75) is 37.5 Å². The molecular weight excluding hydrogens is 500 g/mol. The van der Waals surface area contributed by atoms with Gasteiger partial charge in [0.25, 0.3) is 0 Å². The summed E-state index contributed by atoms with van der Waals surface area (Å²) in [4.78, 5) is 29.5. The number of nitrogens with one attached hydrogen (secondary N) is 1. The zero-order valence-corrected chi connectivity index (χ0v) is 21.6. The van der Waals surface area contributed by atoms with Crippen LogP contribution in [-0.4, -0.2) is 27.1 Å². The fraction of sp³-hybridized carbons (Fsp3) is 0.194. The van der Waals surface area contributed by atoms with Gasteiger partial charge in [-0.2, -0.15) is 0 Å². The van der Waals surface area contributed by atoms with Crippen LogP contribution in [0.2, 0.25) is 5.02 Å². The molecule has 1 aromatic heterocycles. The highest BCUT2D eigenvalue weighted by molar-refractivity contribution is 6.34. The summed E-state index contributed by atoms with van der Waals surface area (Å²) < 4.78 is 0. The number of carboxylic acid groups (broad SMARTS) is 1. The molecule has 1 fully saturated rings. The van der Waals surface area contributed by atoms with Crippen LogP contribution in [0.5, 0.6) is 5.75 Å². The lowest BCUT2D eigenvalue weighted by atomic mass is 9.88. The quantitative estimate of drug-likeness (QED) is 0.262. The molecule has 6 nitrogen and oxygen atoms in total. The van der Waals surface area contributed by atoms with E-state index < -0.39 is 11.4 Å². The second-order valence-corrected chi connectivity index (χ2v) is 10.7. The number of benzene rings is 3. The van der Waals surface area contributed by atoms with Crippen molar-refractivity contribution in [3.8, 4) is 28.1 Å². The third kappa shape index (κ3) is 3.67. The molecule has 190 valence electrons. The second-order valence-electron chi connectivity index (χ2n) is 10.3. The molecule has 1 amide bonds. The van der Waals surface area contributed by atoms with Crippen LogP contribution in [0.25, 0.3) is 22.4 Å².